The SMILES string of the molecule is COC(=O)Nc1ccc(NC(=O)C(C)(C)F)cc1F. The Morgan fingerprint density at radius 2 is 1.89 bits per heavy atom. The summed E-state index contributed by atoms with van der Waals surface area (Å²) in [5, 5.41) is 4.37. The van der Waals surface area contributed by atoms with Gasteiger partial charge in [0.25, 0.3) is 5.91 Å². The highest BCUT2D eigenvalue weighted by Crippen LogP contribution is 2.20. The molecule has 0 spiro atoms. The summed E-state index contributed by atoms with van der Waals surface area (Å²) in [5.74, 6) is -1.67. The Bertz CT molecular complexity index is 498. The summed E-state index contributed by atoms with van der Waals surface area (Å²) >= 11 is 0. The third-order valence-corrected chi connectivity index (χ3v) is 2.19. The Morgan fingerprint density at radius 1 is 1.26 bits per heavy atom. The molecule has 0 heterocycles. The Kier molecular flexibility index (Phi) is 4.42. The van der Waals surface area contributed by atoms with Gasteiger partial charge in [-0.15, -0.1) is 0 Å². The fraction of sp³-hybridized carbons (Fsp3) is 0.333. The van der Waals surface area contributed by atoms with Gasteiger partial charge in [0.05, 0.1) is 12.8 Å². The van der Waals surface area contributed by atoms with Crippen LogP contribution >= 0.6 is 0 Å². The molecule has 1 aromatic rings. The van der Waals surface area contributed by atoms with Crippen molar-refractivity contribution < 1.29 is 23.1 Å². The van der Waals surface area contributed by atoms with Crippen LogP contribution in [0.2, 0.25) is 0 Å². The average Bonchev–Trinajstić information content (AvgIpc) is 2.31. The highest BCUT2D eigenvalue weighted by atomic mass is 19.1. The van der Waals surface area contributed by atoms with Gasteiger partial charge in [-0.1, -0.05) is 0 Å². The van der Waals surface area contributed by atoms with Gasteiger partial charge in [0.1, 0.15) is 5.82 Å². The van der Waals surface area contributed by atoms with Crippen molar-refractivity contribution in [2.75, 3.05) is 17.7 Å². The van der Waals surface area contributed by atoms with E-state index < -0.39 is 23.5 Å². The molecule has 1 aromatic carbocycles. The summed E-state index contributed by atoms with van der Waals surface area (Å²) in [6, 6.07) is 3.53. The van der Waals surface area contributed by atoms with Gasteiger partial charge >= 0.3 is 6.09 Å². The van der Waals surface area contributed by atoms with E-state index >= 15 is 0 Å². The highest BCUT2D eigenvalue weighted by molar-refractivity contribution is 5.96. The molecule has 0 aliphatic heterocycles. The van der Waals surface area contributed by atoms with E-state index in [0.29, 0.717) is 0 Å². The first-order chi connectivity index (χ1) is 8.74. The van der Waals surface area contributed by atoms with Crippen molar-refractivity contribution >= 4 is 23.4 Å². The lowest BCUT2D eigenvalue weighted by atomic mass is 10.1. The zero-order valence-corrected chi connectivity index (χ0v) is 10.7. The van der Waals surface area contributed by atoms with Crippen LogP contribution in [-0.4, -0.2) is 24.8 Å². The number of nitrogens with one attached hydrogen (secondary N) is 2. The molecule has 2 N–H and O–H groups in total. The van der Waals surface area contributed by atoms with Gasteiger partial charge in [-0.2, -0.15) is 0 Å². The Hall–Kier alpha value is -2.18. The van der Waals surface area contributed by atoms with Crippen LogP contribution in [0.5, 0.6) is 0 Å². The average molecular weight is 272 g/mol. The summed E-state index contributed by atoms with van der Waals surface area (Å²) < 4.78 is 31.2. The van der Waals surface area contributed by atoms with E-state index in [2.05, 4.69) is 15.4 Å². The lowest BCUT2D eigenvalue weighted by Crippen LogP contribution is -2.32. The Morgan fingerprint density at radius 3 is 2.37 bits per heavy atom. The van der Waals surface area contributed by atoms with Gasteiger partial charge in [-0.3, -0.25) is 10.1 Å². The molecule has 0 aliphatic carbocycles. The molecule has 1 rings (SSSR count). The molecule has 7 heteroatoms. The van der Waals surface area contributed by atoms with Gasteiger partial charge in [0.2, 0.25) is 0 Å². The van der Waals surface area contributed by atoms with E-state index in [-0.39, 0.29) is 11.4 Å². The van der Waals surface area contributed by atoms with Crippen molar-refractivity contribution in [1.29, 1.82) is 0 Å². The summed E-state index contributed by atoms with van der Waals surface area (Å²) in [6.45, 7) is 2.18. The number of rotatable bonds is 3. The number of methoxy groups -OCH3 is 1. The van der Waals surface area contributed by atoms with Crippen molar-refractivity contribution in [2.45, 2.75) is 19.5 Å². The number of hydrogen-bond donors (Lipinski definition) is 2. The molecular weight excluding hydrogens is 258 g/mol. The monoisotopic (exact) mass is 272 g/mol. The topological polar surface area (TPSA) is 67.4 Å². The first-order valence-electron chi connectivity index (χ1n) is 5.39. The van der Waals surface area contributed by atoms with Crippen molar-refractivity contribution in [1.82, 2.24) is 0 Å². The lowest BCUT2D eigenvalue weighted by Gasteiger charge is -2.14. The van der Waals surface area contributed by atoms with E-state index in [0.717, 1.165) is 27.0 Å². The van der Waals surface area contributed by atoms with Crippen LogP contribution in [0.4, 0.5) is 25.0 Å². The first-order valence-corrected chi connectivity index (χ1v) is 5.39. The number of carbonyl (C=O) groups excluding carboxylic acids is 2. The molecule has 0 fully saturated rings. The molecule has 0 aromatic heterocycles. The summed E-state index contributed by atoms with van der Waals surface area (Å²) in [6.07, 6.45) is -0.819. The van der Waals surface area contributed by atoms with Crippen molar-refractivity contribution in [3.05, 3.63) is 24.0 Å². The van der Waals surface area contributed by atoms with Crippen LogP contribution in [0.15, 0.2) is 18.2 Å². The molecule has 0 aliphatic rings. The van der Waals surface area contributed by atoms with E-state index in [1.165, 1.54) is 12.1 Å². The molecule has 5 nitrogen and oxygen atoms in total. The number of ether oxygens (including phenoxy) is 1. The van der Waals surface area contributed by atoms with Crippen LogP contribution in [0.3, 0.4) is 0 Å². The van der Waals surface area contributed by atoms with E-state index in [9.17, 15) is 18.4 Å². The van der Waals surface area contributed by atoms with E-state index in [4.69, 9.17) is 0 Å². The smallest absolute Gasteiger partial charge is 0.411 e. The predicted molar refractivity (Wildman–Crippen MR) is 66.2 cm³/mol. The molecule has 19 heavy (non-hydrogen) atoms. The molecule has 2 amide bonds. The summed E-state index contributed by atoms with van der Waals surface area (Å²) in [7, 11) is 1.14. The lowest BCUT2D eigenvalue weighted by molar-refractivity contribution is -0.125. The fourth-order valence-electron chi connectivity index (χ4n) is 1.13. The molecule has 0 saturated heterocycles. The molecular formula is C12H14F2N2O3. The molecule has 0 atom stereocenters. The van der Waals surface area contributed by atoms with Gasteiger partial charge in [-0.05, 0) is 32.0 Å². The van der Waals surface area contributed by atoms with Gasteiger partial charge < -0.3 is 10.1 Å². The zero-order chi connectivity index (χ0) is 14.6. The van der Waals surface area contributed by atoms with Gasteiger partial charge in [-0.25, -0.2) is 13.6 Å². The Labute approximate surface area is 108 Å². The summed E-state index contributed by atoms with van der Waals surface area (Å²) in [5.41, 5.74) is -2.09. The number of amides is 2. The van der Waals surface area contributed by atoms with Crippen LogP contribution in [0, 0.1) is 5.82 Å². The minimum Gasteiger partial charge on any atom is -0.453 e. The maximum atomic E-state index is 13.6. The number of alkyl halides is 1. The molecule has 0 saturated carbocycles. The minimum atomic E-state index is -2.07. The summed E-state index contributed by atoms with van der Waals surface area (Å²) in [4.78, 5) is 22.3. The van der Waals surface area contributed by atoms with Crippen molar-refractivity contribution in [3.8, 4) is 0 Å². The van der Waals surface area contributed by atoms with Crippen LogP contribution in [0.25, 0.3) is 0 Å². The third kappa shape index (κ3) is 4.20. The van der Waals surface area contributed by atoms with Crippen molar-refractivity contribution in [2.24, 2.45) is 0 Å². The number of carbonyl (C=O) groups is 2. The zero-order valence-electron chi connectivity index (χ0n) is 10.7. The molecule has 104 valence electrons. The fourth-order valence-corrected chi connectivity index (χ4v) is 1.13. The van der Waals surface area contributed by atoms with E-state index in [1.54, 1.807) is 0 Å². The minimum absolute atomic E-state index is 0.0867. The molecule has 0 unspecified atom stereocenters. The normalized spacial score (nSPS) is 10.8. The van der Waals surface area contributed by atoms with Gasteiger partial charge in [0, 0.05) is 5.69 Å². The quantitative estimate of drug-likeness (QED) is 0.889. The first kappa shape index (κ1) is 14.9. The number of hydrogen-bond acceptors (Lipinski definition) is 3. The number of halogens is 2. The Balaban J connectivity index is 2.83. The van der Waals surface area contributed by atoms with Gasteiger partial charge in [0.15, 0.2) is 5.67 Å². The highest BCUT2D eigenvalue weighted by Gasteiger charge is 2.26. The molecule has 0 radical (unpaired) electrons. The molecule has 0 bridgehead atoms. The number of benzene rings is 1. The maximum absolute atomic E-state index is 13.6. The second-order valence-corrected chi connectivity index (χ2v) is 4.24. The van der Waals surface area contributed by atoms with Crippen LogP contribution in [-0.2, 0) is 9.53 Å². The number of anilines is 2. The van der Waals surface area contributed by atoms with Crippen LogP contribution in [0.1, 0.15) is 13.8 Å². The predicted octanol–water partition coefficient (Wildman–Crippen LogP) is 2.69. The van der Waals surface area contributed by atoms with Crippen molar-refractivity contribution in [3.63, 3.8) is 0 Å². The largest absolute Gasteiger partial charge is 0.453 e. The second-order valence-electron chi connectivity index (χ2n) is 4.24. The maximum Gasteiger partial charge on any atom is 0.411 e. The third-order valence-electron chi connectivity index (χ3n) is 2.19. The standard InChI is InChI=1S/C12H14F2N2O3/c1-12(2,14)10(17)15-7-4-5-9(8(13)6-7)16-11(18)19-3/h4-6H,1-3H3,(H,15,17)(H,16,18). The van der Waals surface area contributed by atoms with E-state index in [1.807, 2.05) is 0 Å². The van der Waals surface area contributed by atoms with Crippen LogP contribution < -0.4 is 10.6 Å². The second kappa shape index (κ2) is 5.64.